The number of nitrogens with zero attached hydrogens (tertiary/aromatic N) is 1. The van der Waals surface area contributed by atoms with Crippen molar-refractivity contribution >= 4 is 21.8 Å². The molecule has 0 fully saturated rings. The number of ether oxygens (including phenoxy) is 1. The highest BCUT2D eigenvalue weighted by Gasteiger charge is 2.19. The average molecular weight is 477 g/mol. The molecule has 0 atom stereocenters. The van der Waals surface area contributed by atoms with Gasteiger partial charge in [0.15, 0.2) is 11.6 Å². The minimum Gasteiger partial charge on any atom is -0.497 e. The summed E-state index contributed by atoms with van der Waals surface area (Å²) in [6.07, 6.45) is 2.64. The van der Waals surface area contributed by atoms with E-state index in [9.17, 15) is 8.78 Å². The van der Waals surface area contributed by atoms with Crippen molar-refractivity contribution in [1.82, 2.24) is 9.97 Å². The summed E-state index contributed by atoms with van der Waals surface area (Å²) < 4.78 is 33.5. The number of H-pyrrole nitrogens is 1. The van der Waals surface area contributed by atoms with Crippen molar-refractivity contribution in [2.24, 2.45) is 0 Å². The Bertz CT molecular complexity index is 1710. The van der Waals surface area contributed by atoms with E-state index in [-0.39, 0.29) is 0 Å². The largest absolute Gasteiger partial charge is 0.497 e. The summed E-state index contributed by atoms with van der Waals surface area (Å²) in [5.74, 6) is -1.05. The molecule has 3 nitrogen and oxygen atoms in total. The van der Waals surface area contributed by atoms with E-state index < -0.39 is 11.6 Å². The van der Waals surface area contributed by atoms with Crippen LogP contribution in [0.25, 0.3) is 44.2 Å². The predicted octanol–water partition coefficient (Wildman–Crippen LogP) is 7.93. The SMILES string of the molecule is COc1ccc(-c2ncc3c([nH]c4cccc(Cc5ccccc5)c43)c2-c2ccc(F)c(F)c2)cc1. The Balaban J connectivity index is 1.63. The number of rotatable bonds is 5. The first-order valence-corrected chi connectivity index (χ1v) is 11.7. The Labute approximate surface area is 207 Å². The van der Waals surface area contributed by atoms with Crippen LogP contribution in [0, 0.1) is 11.6 Å². The Kier molecular flexibility index (Phi) is 5.45. The molecule has 0 spiro atoms. The van der Waals surface area contributed by atoms with E-state index in [1.54, 1.807) is 13.2 Å². The summed E-state index contributed by atoms with van der Waals surface area (Å²) in [4.78, 5) is 8.41. The van der Waals surface area contributed by atoms with Gasteiger partial charge in [-0.1, -0.05) is 48.5 Å². The maximum absolute atomic E-state index is 14.4. The van der Waals surface area contributed by atoms with Gasteiger partial charge < -0.3 is 9.72 Å². The normalized spacial score (nSPS) is 11.3. The van der Waals surface area contributed by atoms with Crippen LogP contribution in [0.2, 0.25) is 0 Å². The fourth-order valence-electron chi connectivity index (χ4n) is 4.85. The number of hydrogen-bond acceptors (Lipinski definition) is 2. The highest BCUT2D eigenvalue weighted by atomic mass is 19.2. The second-order valence-electron chi connectivity index (χ2n) is 8.75. The van der Waals surface area contributed by atoms with Crippen molar-refractivity contribution < 1.29 is 13.5 Å². The fraction of sp³-hybridized carbons (Fsp3) is 0.0645. The standard InChI is InChI=1S/C31H22F2N2O/c1-36-23-13-10-20(11-14-23)30-29(22-12-15-25(32)26(33)17-22)31-24(18-34-30)28-21(8-5-9-27(28)35-31)16-19-6-3-2-4-7-19/h2-15,17-18,35H,16H2,1H3. The van der Waals surface area contributed by atoms with Crippen molar-refractivity contribution in [3.8, 4) is 28.1 Å². The second-order valence-corrected chi connectivity index (χ2v) is 8.75. The number of halogens is 2. The Morgan fingerprint density at radius 3 is 2.33 bits per heavy atom. The smallest absolute Gasteiger partial charge is 0.159 e. The molecule has 1 N–H and O–H groups in total. The molecule has 0 saturated heterocycles. The zero-order valence-electron chi connectivity index (χ0n) is 19.6. The minimum absolute atomic E-state index is 0.550. The van der Waals surface area contributed by atoms with E-state index >= 15 is 0 Å². The highest BCUT2D eigenvalue weighted by Crippen LogP contribution is 2.40. The third-order valence-electron chi connectivity index (χ3n) is 6.57. The number of fused-ring (bicyclic) bond motifs is 3. The Morgan fingerprint density at radius 1 is 0.806 bits per heavy atom. The molecular formula is C31H22F2N2O. The second kappa shape index (κ2) is 8.93. The molecule has 0 radical (unpaired) electrons. The zero-order chi connectivity index (χ0) is 24.6. The lowest BCUT2D eigenvalue weighted by Gasteiger charge is -2.12. The first-order valence-electron chi connectivity index (χ1n) is 11.7. The lowest BCUT2D eigenvalue weighted by Crippen LogP contribution is -1.94. The van der Waals surface area contributed by atoms with Crippen LogP contribution >= 0.6 is 0 Å². The molecule has 0 amide bonds. The van der Waals surface area contributed by atoms with Crippen LogP contribution in [-0.2, 0) is 6.42 Å². The van der Waals surface area contributed by atoms with Gasteiger partial charge in [-0.05, 0) is 65.6 Å². The molecule has 0 aliphatic heterocycles. The van der Waals surface area contributed by atoms with Crippen molar-refractivity contribution in [2.45, 2.75) is 6.42 Å². The van der Waals surface area contributed by atoms with E-state index in [0.717, 1.165) is 51.2 Å². The van der Waals surface area contributed by atoms with E-state index in [0.29, 0.717) is 11.3 Å². The van der Waals surface area contributed by atoms with Gasteiger partial charge in [0.25, 0.3) is 0 Å². The summed E-state index contributed by atoms with van der Waals surface area (Å²) in [6.45, 7) is 0. The minimum atomic E-state index is -0.897. The number of methoxy groups -OCH3 is 1. The quantitative estimate of drug-likeness (QED) is 0.274. The van der Waals surface area contributed by atoms with Gasteiger partial charge in [0.1, 0.15) is 5.75 Å². The van der Waals surface area contributed by atoms with Gasteiger partial charge in [-0.25, -0.2) is 8.78 Å². The third-order valence-corrected chi connectivity index (χ3v) is 6.57. The van der Waals surface area contributed by atoms with Gasteiger partial charge in [0, 0.05) is 33.6 Å². The Hall–Kier alpha value is -4.51. The zero-order valence-corrected chi connectivity index (χ0v) is 19.6. The number of aromatic amines is 1. The lowest BCUT2D eigenvalue weighted by molar-refractivity contribution is 0.415. The molecule has 0 unspecified atom stereocenters. The maximum Gasteiger partial charge on any atom is 0.159 e. The molecule has 176 valence electrons. The summed E-state index contributed by atoms with van der Waals surface area (Å²) in [5.41, 5.74) is 6.97. The molecule has 2 heterocycles. The van der Waals surface area contributed by atoms with E-state index in [1.807, 2.05) is 60.8 Å². The van der Waals surface area contributed by atoms with Gasteiger partial charge >= 0.3 is 0 Å². The number of pyridine rings is 1. The maximum atomic E-state index is 14.4. The van der Waals surface area contributed by atoms with Crippen molar-refractivity contribution in [3.05, 3.63) is 120 Å². The van der Waals surface area contributed by atoms with E-state index in [4.69, 9.17) is 9.72 Å². The van der Waals surface area contributed by atoms with Crippen LogP contribution in [0.1, 0.15) is 11.1 Å². The molecule has 36 heavy (non-hydrogen) atoms. The average Bonchev–Trinajstić information content (AvgIpc) is 3.30. The molecular weight excluding hydrogens is 454 g/mol. The van der Waals surface area contributed by atoms with Crippen LogP contribution in [0.5, 0.6) is 5.75 Å². The van der Waals surface area contributed by atoms with E-state index in [1.165, 1.54) is 17.2 Å². The van der Waals surface area contributed by atoms with Crippen LogP contribution in [0.15, 0.2) is 97.2 Å². The summed E-state index contributed by atoms with van der Waals surface area (Å²) in [5, 5.41) is 2.02. The van der Waals surface area contributed by atoms with Gasteiger partial charge in [0.05, 0.1) is 18.3 Å². The monoisotopic (exact) mass is 476 g/mol. The number of benzene rings is 4. The predicted molar refractivity (Wildman–Crippen MR) is 140 cm³/mol. The molecule has 2 aromatic heterocycles. The number of hydrogen-bond donors (Lipinski definition) is 1. The molecule has 5 heteroatoms. The first kappa shape index (κ1) is 22.0. The van der Waals surface area contributed by atoms with Gasteiger partial charge in [-0.2, -0.15) is 0 Å². The molecule has 0 saturated carbocycles. The summed E-state index contributed by atoms with van der Waals surface area (Å²) >= 11 is 0. The van der Waals surface area contributed by atoms with Gasteiger partial charge in [0.2, 0.25) is 0 Å². The number of aromatic nitrogens is 2. The topological polar surface area (TPSA) is 37.9 Å². The molecule has 0 bridgehead atoms. The van der Waals surface area contributed by atoms with Gasteiger partial charge in [-0.15, -0.1) is 0 Å². The summed E-state index contributed by atoms with van der Waals surface area (Å²) in [7, 11) is 1.61. The van der Waals surface area contributed by atoms with E-state index in [2.05, 4.69) is 23.2 Å². The van der Waals surface area contributed by atoms with Crippen molar-refractivity contribution in [1.29, 1.82) is 0 Å². The number of nitrogens with one attached hydrogen (secondary N) is 1. The van der Waals surface area contributed by atoms with Crippen LogP contribution in [0.3, 0.4) is 0 Å². The van der Waals surface area contributed by atoms with Gasteiger partial charge in [-0.3, -0.25) is 4.98 Å². The molecule has 0 aliphatic rings. The molecule has 4 aromatic carbocycles. The molecule has 6 rings (SSSR count). The Morgan fingerprint density at radius 2 is 1.58 bits per heavy atom. The first-order chi connectivity index (χ1) is 17.6. The van der Waals surface area contributed by atoms with Crippen molar-refractivity contribution in [3.63, 3.8) is 0 Å². The molecule has 6 aromatic rings. The van der Waals surface area contributed by atoms with Crippen LogP contribution < -0.4 is 4.74 Å². The lowest BCUT2D eigenvalue weighted by atomic mass is 9.95. The molecule has 0 aliphatic carbocycles. The highest BCUT2D eigenvalue weighted by molar-refractivity contribution is 6.14. The van der Waals surface area contributed by atoms with Crippen LogP contribution in [0.4, 0.5) is 8.78 Å². The van der Waals surface area contributed by atoms with Crippen molar-refractivity contribution in [2.75, 3.05) is 7.11 Å². The van der Waals surface area contributed by atoms with Crippen LogP contribution in [-0.4, -0.2) is 17.1 Å². The summed E-state index contributed by atoms with van der Waals surface area (Å²) in [6, 6.07) is 28.0. The third kappa shape index (κ3) is 3.79. The fourth-order valence-corrected chi connectivity index (χ4v) is 4.85.